The molecule has 0 saturated carbocycles. The maximum atomic E-state index is 13.3. The van der Waals surface area contributed by atoms with Gasteiger partial charge in [-0.05, 0) is 44.0 Å². The molecule has 6 nitrogen and oxygen atoms in total. The fourth-order valence-electron chi connectivity index (χ4n) is 2.56. The van der Waals surface area contributed by atoms with Crippen LogP contribution in [0, 0.1) is 5.92 Å². The van der Waals surface area contributed by atoms with Crippen molar-refractivity contribution in [3.05, 3.63) is 54.6 Å². The van der Waals surface area contributed by atoms with Gasteiger partial charge in [-0.1, -0.05) is 44.2 Å². The van der Waals surface area contributed by atoms with Gasteiger partial charge in [-0.3, -0.25) is 9.10 Å². The van der Waals surface area contributed by atoms with Gasteiger partial charge in [-0.25, -0.2) is 8.42 Å². The molecule has 152 valence electrons. The summed E-state index contributed by atoms with van der Waals surface area (Å²) in [6.45, 7) is 7.75. The van der Waals surface area contributed by atoms with Gasteiger partial charge in [-0.2, -0.15) is 0 Å². The van der Waals surface area contributed by atoms with Crippen molar-refractivity contribution in [3.8, 4) is 5.75 Å². The number of benzene rings is 2. The van der Waals surface area contributed by atoms with Crippen molar-refractivity contribution >= 4 is 21.6 Å². The Labute approximate surface area is 167 Å². The predicted octanol–water partition coefficient (Wildman–Crippen LogP) is 3.44. The highest BCUT2D eigenvalue weighted by atomic mass is 32.2. The minimum Gasteiger partial charge on any atom is -0.492 e. The number of ether oxygens (including phenoxy) is 1. The van der Waals surface area contributed by atoms with E-state index in [2.05, 4.69) is 5.32 Å². The summed E-state index contributed by atoms with van der Waals surface area (Å²) >= 11 is 0. The van der Waals surface area contributed by atoms with Gasteiger partial charge < -0.3 is 10.1 Å². The standard InChI is InChI=1S/C21H28N2O4S/c1-5-27-20-14-10-9-13-19(20)23(15-21(24)22-17(4)16(2)3)28(25,26)18-11-7-6-8-12-18/h6-14,16-17H,5,15H2,1-4H3,(H,22,24). The Morgan fingerprint density at radius 3 is 2.25 bits per heavy atom. The number of carbonyl (C=O) groups is 1. The molecule has 0 spiro atoms. The van der Waals surface area contributed by atoms with Crippen LogP contribution in [0.15, 0.2) is 59.5 Å². The molecule has 0 heterocycles. The van der Waals surface area contributed by atoms with E-state index in [-0.39, 0.29) is 29.3 Å². The number of nitrogens with one attached hydrogen (secondary N) is 1. The molecule has 7 heteroatoms. The average Bonchev–Trinajstić information content (AvgIpc) is 2.67. The second kappa shape index (κ2) is 9.59. The molecule has 0 radical (unpaired) electrons. The van der Waals surface area contributed by atoms with Gasteiger partial charge in [-0.15, -0.1) is 0 Å². The largest absolute Gasteiger partial charge is 0.492 e. The van der Waals surface area contributed by atoms with E-state index in [1.807, 2.05) is 27.7 Å². The van der Waals surface area contributed by atoms with E-state index in [1.54, 1.807) is 42.5 Å². The summed E-state index contributed by atoms with van der Waals surface area (Å²) in [4.78, 5) is 12.7. The topological polar surface area (TPSA) is 75.7 Å². The van der Waals surface area contributed by atoms with Crippen molar-refractivity contribution in [2.45, 2.75) is 38.6 Å². The summed E-state index contributed by atoms with van der Waals surface area (Å²) in [5.74, 6) is 0.278. The fourth-order valence-corrected chi connectivity index (χ4v) is 4.01. The Bertz CT molecular complexity index is 882. The summed E-state index contributed by atoms with van der Waals surface area (Å²) < 4.78 is 33.4. The number of carbonyl (C=O) groups excluding carboxylic acids is 1. The molecule has 1 atom stereocenters. The molecule has 2 rings (SSSR count). The minimum atomic E-state index is -3.95. The van der Waals surface area contributed by atoms with Crippen LogP contribution >= 0.6 is 0 Å². The van der Waals surface area contributed by atoms with Crippen molar-refractivity contribution < 1.29 is 17.9 Å². The third-order valence-corrected chi connectivity index (χ3v) is 6.21. The van der Waals surface area contributed by atoms with Gasteiger partial charge in [0.2, 0.25) is 5.91 Å². The Morgan fingerprint density at radius 1 is 1.04 bits per heavy atom. The maximum Gasteiger partial charge on any atom is 0.264 e. The lowest BCUT2D eigenvalue weighted by Gasteiger charge is -2.27. The van der Waals surface area contributed by atoms with Gasteiger partial charge in [0.05, 0.1) is 17.2 Å². The first-order chi connectivity index (χ1) is 13.3. The fraction of sp³-hybridized carbons (Fsp3) is 0.381. The van der Waals surface area contributed by atoms with E-state index < -0.39 is 10.0 Å². The molecule has 1 amide bonds. The van der Waals surface area contributed by atoms with E-state index >= 15 is 0 Å². The highest BCUT2D eigenvalue weighted by Crippen LogP contribution is 2.32. The number of sulfonamides is 1. The number of hydrogen-bond donors (Lipinski definition) is 1. The van der Waals surface area contributed by atoms with Crippen LogP contribution in [0.3, 0.4) is 0 Å². The SMILES string of the molecule is CCOc1ccccc1N(CC(=O)NC(C)C(C)C)S(=O)(=O)c1ccccc1. The Balaban J connectivity index is 2.46. The van der Waals surface area contributed by atoms with Crippen molar-refractivity contribution in [1.29, 1.82) is 0 Å². The van der Waals surface area contributed by atoms with Crippen molar-refractivity contribution in [3.63, 3.8) is 0 Å². The molecule has 0 aromatic heterocycles. The van der Waals surface area contributed by atoms with Crippen LogP contribution in [0.4, 0.5) is 5.69 Å². The summed E-state index contributed by atoms with van der Waals surface area (Å²) in [5.41, 5.74) is 0.334. The lowest BCUT2D eigenvalue weighted by Crippen LogP contribution is -2.45. The first-order valence-corrected chi connectivity index (χ1v) is 10.8. The highest BCUT2D eigenvalue weighted by molar-refractivity contribution is 7.92. The number of rotatable bonds is 9. The molecule has 1 N–H and O–H groups in total. The molecule has 0 aliphatic heterocycles. The summed E-state index contributed by atoms with van der Waals surface area (Å²) in [6, 6.07) is 14.8. The zero-order valence-electron chi connectivity index (χ0n) is 16.8. The Kier molecular flexibility index (Phi) is 7.45. The molecule has 2 aromatic rings. The van der Waals surface area contributed by atoms with Crippen LogP contribution in [-0.2, 0) is 14.8 Å². The summed E-state index contributed by atoms with van der Waals surface area (Å²) in [7, 11) is -3.95. The normalized spacial score (nSPS) is 12.5. The Morgan fingerprint density at radius 2 is 1.64 bits per heavy atom. The van der Waals surface area contributed by atoms with Gasteiger partial charge >= 0.3 is 0 Å². The van der Waals surface area contributed by atoms with Gasteiger partial charge in [0.1, 0.15) is 12.3 Å². The van der Waals surface area contributed by atoms with Gasteiger partial charge in [0.15, 0.2) is 0 Å². The van der Waals surface area contributed by atoms with E-state index in [4.69, 9.17) is 4.74 Å². The van der Waals surface area contributed by atoms with Crippen LogP contribution in [0.2, 0.25) is 0 Å². The van der Waals surface area contributed by atoms with Gasteiger partial charge in [0, 0.05) is 6.04 Å². The first-order valence-electron chi connectivity index (χ1n) is 9.36. The monoisotopic (exact) mass is 404 g/mol. The van der Waals surface area contributed by atoms with Crippen LogP contribution < -0.4 is 14.4 Å². The first kappa shape index (κ1) is 21.8. The molecular formula is C21H28N2O4S. The van der Waals surface area contributed by atoms with Crippen LogP contribution in [0.25, 0.3) is 0 Å². The molecule has 0 saturated heterocycles. The smallest absolute Gasteiger partial charge is 0.264 e. The number of amides is 1. The summed E-state index contributed by atoms with van der Waals surface area (Å²) in [6.07, 6.45) is 0. The third kappa shape index (κ3) is 5.25. The van der Waals surface area contributed by atoms with Crippen LogP contribution in [0.5, 0.6) is 5.75 Å². The molecule has 0 fully saturated rings. The van der Waals surface area contributed by atoms with Gasteiger partial charge in [0.25, 0.3) is 10.0 Å². The third-order valence-electron chi connectivity index (χ3n) is 4.44. The molecule has 2 aromatic carbocycles. The molecule has 1 unspecified atom stereocenters. The second-order valence-corrected chi connectivity index (χ2v) is 8.69. The van der Waals surface area contributed by atoms with E-state index in [0.29, 0.717) is 18.0 Å². The molecule has 0 aliphatic rings. The number of nitrogens with zero attached hydrogens (tertiary/aromatic N) is 1. The second-order valence-electron chi connectivity index (χ2n) is 6.83. The van der Waals surface area contributed by atoms with E-state index in [0.717, 1.165) is 4.31 Å². The van der Waals surface area contributed by atoms with Crippen molar-refractivity contribution in [1.82, 2.24) is 5.32 Å². The molecule has 28 heavy (non-hydrogen) atoms. The minimum absolute atomic E-state index is 0.0732. The van der Waals surface area contributed by atoms with Crippen LogP contribution in [-0.4, -0.2) is 33.5 Å². The lowest BCUT2D eigenvalue weighted by atomic mass is 10.1. The molecule has 0 bridgehead atoms. The molecular weight excluding hydrogens is 376 g/mol. The Hall–Kier alpha value is -2.54. The zero-order chi connectivity index (χ0) is 20.7. The maximum absolute atomic E-state index is 13.3. The number of anilines is 1. The van der Waals surface area contributed by atoms with Crippen molar-refractivity contribution in [2.75, 3.05) is 17.5 Å². The predicted molar refractivity (Wildman–Crippen MR) is 111 cm³/mol. The molecule has 0 aliphatic carbocycles. The van der Waals surface area contributed by atoms with Crippen LogP contribution in [0.1, 0.15) is 27.7 Å². The zero-order valence-corrected chi connectivity index (χ0v) is 17.6. The number of para-hydroxylation sites is 2. The summed E-state index contributed by atoms with van der Waals surface area (Å²) in [5, 5.41) is 2.87. The van der Waals surface area contributed by atoms with Crippen molar-refractivity contribution in [2.24, 2.45) is 5.92 Å². The lowest BCUT2D eigenvalue weighted by molar-refractivity contribution is -0.120. The quantitative estimate of drug-likeness (QED) is 0.695. The highest BCUT2D eigenvalue weighted by Gasteiger charge is 2.29. The van der Waals surface area contributed by atoms with E-state index in [1.165, 1.54) is 12.1 Å². The number of hydrogen-bond acceptors (Lipinski definition) is 4. The average molecular weight is 405 g/mol. The van der Waals surface area contributed by atoms with E-state index in [9.17, 15) is 13.2 Å².